The van der Waals surface area contributed by atoms with Gasteiger partial charge in [0.05, 0.1) is 0 Å². The monoisotopic (exact) mass is 1060 g/mol. The van der Waals surface area contributed by atoms with Crippen LogP contribution in [0.25, 0.3) is 0 Å². The van der Waals surface area contributed by atoms with Crippen molar-refractivity contribution in [3.05, 3.63) is 60.8 Å². The molecule has 0 amide bonds. The molecule has 0 aromatic carbocycles. The third-order valence-electron chi connectivity index (χ3n) is 14.8. The maximum atomic E-state index is 12.8. The summed E-state index contributed by atoms with van der Waals surface area (Å²) < 4.78 is 16.8. The van der Waals surface area contributed by atoms with E-state index in [1.165, 1.54) is 212 Å². The Labute approximate surface area is 472 Å². The fourth-order valence-corrected chi connectivity index (χ4v) is 9.83. The van der Waals surface area contributed by atoms with Gasteiger partial charge < -0.3 is 14.2 Å². The van der Waals surface area contributed by atoms with Crippen LogP contribution in [0, 0.1) is 0 Å². The summed E-state index contributed by atoms with van der Waals surface area (Å²) in [6.07, 6.45) is 83.0. The van der Waals surface area contributed by atoms with Crippen molar-refractivity contribution >= 4 is 17.9 Å². The molecule has 6 nitrogen and oxygen atoms in total. The molecule has 0 saturated heterocycles. The first-order valence-corrected chi connectivity index (χ1v) is 33.3. The number of hydrogen-bond donors (Lipinski definition) is 0. The van der Waals surface area contributed by atoms with Gasteiger partial charge in [-0.15, -0.1) is 0 Å². The maximum absolute atomic E-state index is 12.8. The van der Waals surface area contributed by atoms with Crippen molar-refractivity contribution in [3.63, 3.8) is 0 Å². The van der Waals surface area contributed by atoms with Crippen molar-refractivity contribution in [3.8, 4) is 0 Å². The van der Waals surface area contributed by atoms with E-state index in [1.807, 2.05) is 0 Å². The fraction of sp³-hybridized carbons (Fsp3) is 0.814. The average molecular weight is 1060 g/mol. The van der Waals surface area contributed by atoms with Gasteiger partial charge in [-0.3, -0.25) is 14.4 Å². The number of unbranched alkanes of at least 4 members (excludes halogenated alkanes) is 40. The molecule has 0 rings (SSSR count). The molecule has 0 bridgehead atoms. The van der Waals surface area contributed by atoms with E-state index in [-0.39, 0.29) is 31.1 Å². The second-order valence-electron chi connectivity index (χ2n) is 22.4. The molecular formula is C70H126O6. The Morgan fingerprint density at radius 1 is 0.276 bits per heavy atom. The van der Waals surface area contributed by atoms with Crippen LogP contribution in [-0.4, -0.2) is 37.2 Å². The van der Waals surface area contributed by atoms with Crippen molar-refractivity contribution in [1.82, 2.24) is 0 Å². The number of hydrogen-bond acceptors (Lipinski definition) is 6. The Morgan fingerprint density at radius 3 is 0.803 bits per heavy atom. The smallest absolute Gasteiger partial charge is 0.306 e. The molecule has 0 N–H and O–H groups in total. The van der Waals surface area contributed by atoms with E-state index in [2.05, 4.69) is 81.5 Å². The molecule has 0 aliphatic carbocycles. The zero-order valence-corrected chi connectivity index (χ0v) is 50.8. The van der Waals surface area contributed by atoms with Gasteiger partial charge in [-0.05, 0) is 64.2 Å². The van der Waals surface area contributed by atoms with Crippen LogP contribution >= 0.6 is 0 Å². The Hall–Kier alpha value is -2.89. The van der Waals surface area contributed by atoms with Crippen molar-refractivity contribution in [2.24, 2.45) is 0 Å². The number of allylic oxidation sites excluding steroid dienone is 10. The third-order valence-corrected chi connectivity index (χ3v) is 14.8. The van der Waals surface area contributed by atoms with E-state index in [9.17, 15) is 14.4 Å². The van der Waals surface area contributed by atoms with Crippen molar-refractivity contribution in [2.45, 2.75) is 354 Å². The highest BCUT2D eigenvalue weighted by Crippen LogP contribution is 2.18. The molecule has 0 aromatic heterocycles. The van der Waals surface area contributed by atoms with E-state index in [0.29, 0.717) is 19.3 Å². The van der Waals surface area contributed by atoms with Crippen LogP contribution in [0.15, 0.2) is 60.8 Å². The van der Waals surface area contributed by atoms with Gasteiger partial charge in [0.15, 0.2) is 6.10 Å². The normalized spacial score (nSPS) is 12.4. The summed E-state index contributed by atoms with van der Waals surface area (Å²) in [6.45, 7) is 6.50. The Morgan fingerprint density at radius 2 is 0.513 bits per heavy atom. The molecule has 1 atom stereocenters. The van der Waals surface area contributed by atoms with E-state index in [4.69, 9.17) is 14.2 Å². The Bertz CT molecular complexity index is 1360. The predicted octanol–water partition coefficient (Wildman–Crippen LogP) is 22.7. The molecule has 0 aliphatic heterocycles. The highest BCUT2D eigenvalue weighted by Gasteiger charge is 2.19. The first kappa shape index (κ1) is 73.1. The summed E-state index contributed by atoms with van der Waals surface area (Å²) >= 11 is 0. The Balaban J connectivity index is 3.93. The summed E-state index contributed by atoms with van der Waals surface area (Å²) in [5.74, 6) is -0.861. The van der Waals surface area contributed by atoms with E-state index in [0.717, 1.165) is 96.3 Å². The molecule has 0 fully saturated rings. The molecule has 0 heterocycles. The quantitative estimate of drug-likeness (QED) is 0.0261. The zero-order chi connectivity index (χ0) is 55.0. The lowest BCUT2D eigenvalue weighted by molar-refractivity contribution is -0.167. The summed E-state index contributed by atoms with van der Waals surface area (Å²) in [4.78, 5) is 37.9. The van der Waals surface area contributed by atoms with Crippen molar-refractivity contribution in [2.75, 3.05) is 13.2 Å². The van der Waals surface area contributed by atoms with Crippen LogP contribution in [-0.2, 0) is 28.6 Å². The van der Waals surface area contributed by atoms with Gasteiger partial charge in [0.2, 0.25) is 0 Å². The second kappa shape index (κ2) is 64.6. The van der Waals surface area contributed by atoms with E-state index in [1.54, 1.807) is 0 Å². The largest absolute Gasteiger partial charge is 0.462 e. The minimum absolute atomic E-state index is 0.0684. The molecule has 0 aromatic rings. The molecule has 0 radical (unpaired) electrons. The SMILES string of the molecule is CC/C=C\C/C=C\C/C=C\C/C=C\C/C=C\CCCCCCCCCCCCCCCCCCCC(=O)OCC(COC(=O)CCCCCCC)OC(=O)CCCCCCCCCCCCCCCCCCCCCC. The Kier molecular flexibility index (Phi) is 62.2. The van der Waals surface area contributed by atoms with Crippen LogP contribution in [0.2, 0.25) is 0 Å². The molecule has 442 valence electrons. The van der Waals surface area contributed by atoms with Gasteiger partial charge in [0, 0.05) is 19.3 Å². The molecule has 0 aliphatic rings. The minimum atomic E-state index is -0.766. The standard InChI is InChI=1S/C70H126O6/c1-4-7-10-13-15-17-19-21-23-25-27-29-30-31-32-33-34-35-36-37-38-39-40-41-43-44-46-48-50-52-54-57-60-63-69(72)75-66-67(65-74-68(71)62-59-56-12-9-6-3)76-70(73)64-61-58-55-53-51-49-47-45-42-28-26-24-22-20-18-16-14-11-8-5-2/h7,10,15,17,21,23,27,29,31-32,67H,4-6,8-9,11-14,16,18-20,22,24-26,28,30,33-66H2,1-3H3/b10-7-,17-15-,23-21-,29-27-,32-31-. The van der Waals surface area contributed by atoms with Crippen LogP contribution in [0.5, 0.6) is 0 Å². The first-order valence-electron chi connectivity index (χ1n) is 33.3. The van der Waals surface area contributed by atoms with Gasteiger partial charge in [0.25, 0.3) is 0 Å². The molecule has 1 unspecified atom stereocenters. The predicted molar refractivity (Wildman–Crippen MR) is 330 cm³/mol. The number of esters is 3. The topological polar surface area (TPSA) is 78.9 Å². The van der Waals surface area contributed by atoms with Crippen LogP contribution < -0.4 is 0 Å². The lowest BCUT2D eigenvalue weighted by Gasteiger charge is -2.18. The van der Waals surface area contributed by atoms with Crippen LogP contribution in [0.4, 0.5) is 0 Å². The summed E-state index contributed by atoms with van der Waals surface area (Å²) in [7, 11) is 0. The highest BCUT2D eigenvalue weighted by molar-refractivity contribution is 5.71. The van der Waals surface area contributed by atoms with Crippen molar-refractivity contribution in [1.29, 1.82) is 0 Å². The first-order chi connectivity index (χ1) is 37.5. The number of carbonyl (C=O) groups excluding carboxylic acids is 3. The summed E-state index contributed by atoms with van der Waals surface area (Å²) in [5, 5.41) is 0. The third kappa shape index (κ3) is 62.0. The highest BCUT2D eigenvalue weighted by atomic mass is 16.6. The van der Waals surface area contributed by atoms with Gasteiger partial charge in [-0.25, -0.2) is 0 Å². The molecule has 6 heteroatoms. The summed E-state index contributed by atoms with van der Waals surface area (Å²) in [5.41, 5.74) is 0. The summed E-state index contributed by atoms with van der Waals surface area (Å²) in [6, 6.07) is 0. The van der Waals surface area contributed by atoms with Crippen LogP contribution in [0.3, 0.4) is 0 Å². The molecule has 76 heavy (non-hydrogen) atoms. The van der Waals surface area contributed by atoms with Crippen molar-refractivity contribution < 1.29 is 28.6 Å². The van der Waals surface area contributed by atoms with Gasteiger partial charge in [0.1, 0.15) is 13.2 Å². The lowest BCUT2D eigenvalue weighted by Crippen LogP contribution is -2.30. The lowest BCUT2D eigenvalue weighted by atomic mass is 10.0. The van der Waals surface area contributed by atoms with Gasteiger partial charge >= 0.3 is 17.9 Å². The number of rotatable bonds is 61. The average Bonchev–Trinajstić information content (AvgIpc) is 3.42. The van der Waals surface area contributed by atoms with E-state index >= 15 is 0 Å². The van der Waals surface area contributed by atoms with Gasteiger partial charge in [-0.2, -0.15) is 0 Å². The van der Waals surface area contributed by atoms with E-state index < -0.39 is 6.10 Å². The number of ether oxygens (including phenoxy) is 3. The second-order valence-corrected chi connectivity index (χ2v) is 22.4. The maximum Gasteiger partial charge on any atom is 0.306 e. The zero-order valence-electron chi connectivity index (χ0n) is 50.8. The molecule has 0 spiro atoms. The van der Waals surface area contributed by atoms with Crippen LogP contribution in [0.1, 0.15) is 348 Å². The molecular weight excluding hydrogens is 937 g/mol. The number of carbonyl (C=O) groups is 3. The minimum Gasteiger partial charge on any atom is -0.462 e. The molecule has 0 saturated carbocycles. The fourth-order valence-electron chi connectivity index (χ4n) is 9.83. The van der Waals surface area contributed by atoms with Gasteiger partial charge in [-0.1, -0.05) is 326 Å².